The molecule has 0 aromatic carbocycles. The summed E-state index contributed by atoms with van der Waals surface area (Å²) in [6.45, 7) is 3.85. The molecule has 1 fully saturated rings. The first kappa shape index (κ1) is 14.7. The molecule has 2 aromatic rings. The lowest BCUT2D eigenvalue weighted by molar-refractivity contribution is -0.142. The third-order valence-corrected chi connectivity index (χ3v) is 3.85. The van der Waals surface area contributed by atoms with Crippen LogP contribution in [0.1, 0.15) is 11.5 Å². The van der Waals surface area contributed by atoms with E-state index in [0.717, 1.165) is 24.5 Å². The predicted molar refractivity (Wildman–Crippen MR) is 76.8 cm³/mol. The maximum absolute atomic E-state index is 11.5. The summed E-state index contributed by atoms with van der Waals surface area (Å²) >= 11 is 0. The largest absolute Gasteiger partial charge is 0.481 e. The zero-order chi connectivity index (χ0) is 15.4. The van der Waals surface area contributed by atoms with Crippen LogP contribution in [0, 0.1) is 5.92 Å². The fourth-order valence-electron chi connectivity index (χ4n) is 2.74. The Kier molecular flexibility index (Phi) is 4.50. The molecule has 3 heterocycles. The molecular weight excluding hydrogens is 286 g/mol. The molecule has 0 radical (unpaired) electrons. The molecule has 0 aliphatic carbocycles. The Hall–Kier alpha value is -2.19. The molecule has 8 nitrogen and oxygen atoms in total. The number of furan rings is 1. The molecule has 1 aliphatic heterocycles. The lowest BCUT2D eigenvalue weighted by atomic mass is 10.1. The highest BCUT2D eigenvalue weighted by Crippen LogP contribution is 2.15. The van der Waals surface area contributed by atoms with Crippen molar-refractivity contribution < 1.29 is 14.3 Å². The summed E-state index contributed by atoms with van der Waals surface area (Å²) < 4.78 is 5.36. The molecular formula is C14H19N5O3. The minimum atomic E-state index is -0.767. The Morgan fingerprint density at radius 1 is 1.36 bits per heavy atom. The predicted octanol–water partition coefficient (Wildman–Crippen LogP) is 0.416. The van der Waals surface area contributed by atoms with Crippen molar-refractivity contribution in [2.45, 2.75) is 13.1 Å². The molecule has 0 unspecified atom stereocenters. The van der Waals surface area contributed by atoms with Gasteiger partial charge in [-0.25, -0.2) is 0 Å². The molecule has 118 valence electrons. The number of carboxylic acids is 1. The van der Waals surface area contributed by atoms with E-state index in [9.17, 15) is 9.90 Å². The first-order valence-electron chi connectivity index (χ1n) is 7.25. The summed E-state index contributed by atoms with van der Waals surface area (Å²) in [4.78, 5) is 15.7. The van der Waals surface area contributed by atoms with E-state index in [0.29, 0.717) is 26.2 Å². The SMILES string of the molecule is O=C(O)[C@@H]1CN(Cc2cn[nH]n2)CCN(Cc2ccco2)C1. The van der Waals surface area contributed by atoms with Crippen LogP contribution in [0.25, 0.3) is 0 Å². The number of rotatable bonds is 5. The van der Waals surface area contributed by atoms with Gasteiger partial charge in [0.1, 0.15) is 5.76 Å². The topological polar surface area (TPSA) is 98.5 Å². The normalized spacial score (nSPS) is 20.8. The van der Waals surface area contributed by atoms with Gasteiger partial charge in [-0.3, -0.25) is 14.6 Å². The second-order valence-corrected chi connectivity index (χ2v) is 5.55. The summed E-state index contributed by atoms with van der Waals surface area (Å²) in [5, 5.41) is 19.8. The van der Waals surface area contributed by atoms with Crippen LogP contribution in [-0.2, 0) is 17.9 Å². The van der Waals surface area contributed by atoms with Crippen LogP contribution in [0.3, 0.4) is 0 Å². The Morgan fingerprint density at radius 3 is 2.73 bits per heavy atom. The highest BCUT2D eigenvalue weighted by atomic mass is 16.4. The molecule has 0 saturated carbocycles. The molecule has 0 bridgehead atoms. The maximum Gasteiger partial charge on any atom is 0.309 e. The maximum atomic E-state index is 11.5. The third-order valence-electron chi connectivity index (χ3n) is 3.85. The van der Waals surface area contributed by atoms with Gasteiger partial charge in [-0.2, -0.15) is 15.4 Å². The van der Waals surface area contributed by atoms with Gasteiger partial charge in [0.05, 0.1) is 30.6 Å². The number of aliphatic carboxylic acids is 1. The molecule has 1 atom stereocenters. The Bertz CT molecular complexity index is 537. The van der Waals surface area contributed by atoms with Gasteiger partial charge in [0, 0.05) is 32.7 Å². The van der Waals surface area contributed by atoms with E-state index in [2.05, 4.69) is 25.2 Å². The van der Waals surface area contributed by atoms with Gasteiger partial charge in [0.25, 0.3) is 0 Å². The number of H-pyrrole nitrogens is 1. The van der Waals surface area contributed by atoms with Crippen molar-refractivity contribution in [1.82, 2.24) is 25.2 Å². The summed E-state index contributed by atoms with van der Waals surface area (Å²) in [6.07, 6.45) is 3.31. The fraction of sp³-hybridized carbons (Fsp3) is 0.500. The zero-order valence-electron chi connectivity index (χ0n) is 12.2. The summed E-state index contributed by atoms with van der Waals surface area (Å²) in [7, 11) is 0. The van der Waals surface area contributed by atoms with E-state index in [1.54, 1.807) is 12.5 Å². The zero-order valence-corrected chi connectivity index (χ0v) is 12.2. The summed E-state index contributed by atoms with van der Waals surface area (Å²) in [5.41, 5.74) is 0.823. The van der Waals surface area contributed by atoms with Gasteiger partial charge in [-0.15, -0.1) is 0 Å². The van der Waals surface area contributed by atoms with Crippen LogP contribution in [-0.4, -0.2) is 62.5 Å². The van der Waals surface area contributed by atoms with Gasteiger partial charge < -0.3 is 9.52 Å². The van der Waals surface area contributed by atoms with Gasteiger partial charge in [0.2, 0.25) is 0 Å². The van der Waals surface area contributed by atoms with Crippen LogP contribution in [0.4, 0.5) is 0 Å². The van der Waals surface area contributed by atoms with Crippen molar-refractivity contribution in [1.29, 1.82) is 0 Å². The number of carboxylic acid groups (broad SMARTS) is 1. The number of aromatic amines is 1. The van der Waals surface area contributed by atoms with Crippen molar-refractivity contribution in [3.05, 3.63) is 36.0 Å². The van der Waals surface area contributed by atoms with E-state index in [4.69, 9.17) is 4.42 Å². The second kappa shape index (κ2) is 6.71. The minimum Gasteiger partial charge on any atom is -0.481 e. The van der Waals surface area contributed by atoms with Crippen molar-refractivity contribution in [2.24, 2.45) is 5.92 Å². The molecule has 0 amide bonds. The lowest BCUT2D eigenvalue weighted by Gasteiger charge is -2.20. The first-order valence-corrected chi connectivity index (χ1v) is 7.25. The van der Waals surface area contributed by atoms with E-state index in [-0.39, 0.29) is 0 Å². The lowest BCUT2D eigenvalue weighted by Crippen LogP contribution is -2.34. The minimum absolute atomic E-state index is 0.427. The number of aromatic nitrogens is 3. The molecule has 8 heteroatoms. The fourth-order valence-corrected chi connectivity index (χ4v) is 2.74. The third kappa shape index (κ3) is 3.71. The highest BCUT2D eigenvalue weighted by Gasteiger charge is 2.28. The summed E-state index contributed by atoms with van der Waals surface area (Å²) in [5.74, 6) is -0.338. The highest BCUT2D eigenvalue weighted by molar-refractivity contribution is 5.70. The van der Waals surface area contributed by atoms with Crippen LogP contribution in [0.2, 0.25) is 0 Å². The summed E-state index contributed by atoms with van der Waals surface area (Å²) in [6, 6.07) is 3.76. The molecule has 2 aromatic heterocycles. The Labute approximate surface area is 127 Å². The van der Waals surface area contributed by atoms with Crippen LogP contribution in [0.15, 0.2) is 29.0 Å². The molecule has 1 aliphatic rings. The average Bonchev–Trinajstić information content (AvgIpc) is 3.13. The van der Waals surface area contributed by atoms with E-state index < -0.39 is 11.9 Å². The van der Waals surface area contributed by atoms with Crippen LogP contribution < -0.4 is 0 Å². The smallest absolute Gasteiger partial charge is 0.309 e. The molecule has 0 spiro atoms. The number of hydrogen-bond acceptors (Lipinski definition) is 6. The first-order chi connectivity index (χ1) is 10.7. The number of nitrogens with zero attached hydrogens (tertiary/aromatic N) is 4. The Morgan fingerprint density at radius 2 is 2.14 bits per heavy atom. The van der Waals surface area contributed by atoms with Gasteiger partial charge in [0.15, 0.2) is 0 Å². The average molecular weight is 305 g/mol. The van der Waals surface area contributed by atoms with E-state index in [1.807, 2.05) is 12.1 Å². The van der Waals surface area contributed by atoms with Gasteiger partial charge in [-0.05, 0) is 12.1 Å². The van der Waals surface area contributed by atoms with Crippen LogP contribution in [0.5, 0.6) is 0 Å². The molecule has 2 N–H and O–H groups in total. The van der Waals surface area contributed by atoms with Crippen molar-refractivity contribution >= 4 is 5.97 Å². The molecule has 22 heavy (non-hydrogen) atoms. The number of nitrogens with one attached hydrogen (secondary N) is 1. The Balaban J connectivity index is 1.65. The van der Waals surface area contributed by atoms with E-state index >= 15 is 0 Å². The van der Waals surface area contributed by atoms with Crippen molar-refractivity contribution in [3.63, 3.8) is 0 Å². The molecule has 3 rings (SSSR count). The monoisotopic (exact) mass is 305 g/mol. The van der Waals surface area contributed by atoms with Gasteiger partial charge in [-0.1, -0.05) is 0 Å². The molecule has 1 saturated heterocycles. The number of hydrogen-bond donors (Lipinski definition) is 2. The second-order valence-electron chi connectivity index (χ2n) is 5.55. The van der Waals surface area contributed by atoms with Crippen molar-refractivity contribution in [3.8, 4) is 0 Å². The van der Waals surface area contributed by atoms with E-state index in [1.165, 1.54) is 0 Å². The van der Waals surface area contributed by atoms with Crippen molar-refractivity contribution in [2.75, 3.05) is 26.2 Å². The standard InChI is InChI=1S/C14H19N5O3/c20-14(21)11-7-18(9-12-6-15-17-16-12)3-4-19(8-11)10-13-2-1-5-22-13/h1-2,5-6,11H,3-4,7-10H2,(H,20,21)(H,15,16,17)/t11-/m1/s1. The quantitative estimate of drug-likeness (QED) is 0.825. The van der Waals surface area contributed by atoms with Gasteiger partial charge >= 0.3 is 5.97 Å². The number of carbonyl (C=O) groups is 1. The van der Waals surface area contributed by atoms with Crippen LogP contribution >= 0.6 is 0 Å².